The van der Waals surface area contributed by atoms with E-state index >= 15 is 0 Å². The lowest BCUT2D eigenvalue weighted by Crippen LogP contribution is -2.48. The quantitative estimate of drug-likeness (QED) is 0.763. The highest BCUT2D eigenvalue weighted by Crippen LogP contribution is 2.16. The molecule has 1 aromatic heterocycles. The van der Waals surface area contributed by atoms with Crippen molar-refractivity contribution in [2.24, 2.45) is 7.05 Å². The number of nitrogens with zero attached hydrogens (tertiary/aromatic N) is 4. The minimum absolute atomic E-state index is 0.0456. The van der Waals surface area contributed by atoms with Crippen LogP contribution < -0.4 is 10.6 Å². The summed E-state index contributed by atoms with van der Waals surface area (Å²) >= 11 is 0. The first-order valence-corrected chi connectivity index (χ1v) is 6.29. The number of rotatable bonds is 3. The molecule has 19 heavy (non-hydrogen) atoms. The van der Waals surface area contributed by atoms with Crippen LogP contribution in [0.25, 0.3) is 0 Å². The van der Waals surface area contributed by atoms with E-state index in [0.29, 0.717) is 17.1 Å². The predicted molar refractivity (Wildman–Crippen MR) is 70.6 cm³/mol. The smallest absolute Gasteiger partial charge is 0.242 e. The molecule has 0 saturated carbocycles. The Morgan fingerprint density at radius 1 is 1.53 bits per heavy atom. The van der Waals surface area contributed by atoms with Crippen molar-refractivity contribution >= 4 is 11.7 Å². The molecule has 2 heterocycles. The molecule has 1 amide bonds. The van der Waals surface area contributed by atoms with Gasteiger partial charge >= 0.3 is 0 Å². The lowest BCUT2D eigenvalue weighted by atomic mass is 10.2. The molecule has 7 nitrogen and oxygen atoms in total. The SMILES string of the molecule is Cc1nn(C)c(NCC(=O)N2CCNCC2)c1C#N. The van der Waals surface area contributed by atoms with Crippen LogP contribution in [0, 0.1) is 18.3 Å². The Morgan fingerprint density at radius 2 is 2.21 bits per heavy atom. The summed E-state index contributed by atoms with van der Waals surface area (Å²) in [6.07, 6.45) is 0. The number of nitriles is 1. The molecule has 1 saturated heterocycles. The second kappa shape index (κ2) is 5.71. The van der Waals surface area contributed by atoms with Crippen LogP contribution in [0.4, 0.5) is 5.82 Å². The number of nitrogens with one attached hydrogen (secondary N) is 2. The molecule has 0 spiro atoms. The van der Waals surface area contributed by atoms with E-state index in [1.165, 1.54) is 0 Å². The number of hydrogen-bond donors (Lipinski definition) is 2. The van der Waals surface area contributed by atoms with Crippen LogP contribution in [0.15, 0.2) is 0 Å². The molecule has 1 aliphatic heterocycles. The first-order chi connectivity index (χ1) is 9.13. The van der Waals surface area contributed by atoms with E-state index in [2.05, 4.69) is 21.8 Å². The standard InChI is InChI=1S/C12H18N6O/c1-9-10(7-13)12(17(2)16-9)15-8-11(19)18-5-3-14-4-6-18/h14-15H,3-6,8H2,1-2H3. The van der Waals surface area contributed by atoms with Gasteiger partial charge in [0.15, 0.2) is 0 Å². The molecule has 0 radical (unpaired) electrons. The minimum atomic E-state index is 0.0456. The number of anilines is 1. The van der Waals surface area contributed by atoms with E-state index in [9.17, 15) is 4.79 Å². The second-order valence-electron chi connectivity index (χ2n) is 4.53. The third-order valence-corrected chi connectivity index (χ3v) is 3.21. The molecule has 1 aliphatic rings. The van der Waals surface area contributed by atoms with Gasteiger partial charge in [-0.3, -0.25) is 9.48 Å². The Labute approximate surface area is 112 Å². The van der Waals surface area contributed by atoms with E-state index < -0.39 is 0 Å². The fraction of sp³-hybridized carbons (Fsp3) is 0.583. The summed E-state index contributed by atoms with van der Waals surface area (Å²) in [6.45, 7) is 5.10. The highest BCUT2D eigenvalue weighted by molar-refractivity contribution is 5.81. The monoisotopic (exact) mass is 262 g/mol. The van der Waals surface area contributed by atoms with Crippen molar-refractivity contribution in [2.45, 2.75) is 6.92 Å². The highest BCUT2D eigenvalue weighted by Gasteiger charge is 2.18. The number of aryl methyl sites for hydroxylation is 2. The van der Waals surface area contributed by atoms with Gasteiger partial charge in [0.1, 0.15) is 17.5 Å². The topological polar surface area (TPSA) is 86.0 Å². The van der Waals surface area contributed by atoms with Crippen molar-refractivity contribution in [3.05, 3.63) is 11.3 Å². The van der Waals surface area contributed by atoms with E-state index in [1.54, 1.807) is 18.7 Å². The maximum absolute atomic E-state index is 12.0. The maximum Gasteiger partial charge on any atom is 0.242 e. The molecule has 0 atom stereocenters. The Hall–Kier alpha value is -2.07. The molecule has 0 unspecified atom stereocenters. The first kappa shape index (κ1) is 13.4. The van der Waals surface area contributed by atoms with Crippen LogP contribution in [-0.4, -0.2) is 53.3 Å². The van der Waals surface area contributed by atoms with Gasteiger partial charge < -0.3 is 15.5 Å². The van der Waals surface area contributed by atoms with Gasteiger partial charge in [0.25, 0.3) is 0 Å². The predicted octanol–water partition coefficient (Wildman–Crippen LogP) is -0.556. The van der Waals surface area contributed by atoms with Crippen LogP contribution >= 0.6 is 0 Å². The highest BCUT2D eigenvalue weighted by atomic mass is 16.2. The fourth-order valence-electron chi connectivity index (χ4n) is 2.18. The third-order valence-electron chi connectivity index (χ3n) is 3.21. The lowest BCUT2D eigenvalue weighted by molar-refractivity contribution is -0.129. The number of hydrogen-bond acceptors (Lipinski definition) is 5. The Balaban J connectivity index is 1.99. The van der Waals surface area contributed by atoms with Gasteiger partial charge in [-0.1, -0.05) is 0 Å². The van der Waals surface area contributed by atoms with E-state index in [4.69, 9.17) is 5.26 Å². The maximum atomic E-state index is 12.0. The number of aromatic nitrogens is 2. The summed E-state index contributed by atoms with van der Waals surface area (Å²) in [7, 11) is 1.76. The largest absolute Gasteiger partial charge is 0.360 e. The molecule has 2 N–H and O–H groups in total. The molecule has 1 fully saturated rings. The third kappa shape index (κ3) is 2.85. The average molecular weight is 262 g/mol. The summed E-state index contributed by atoms with van der Waals surface area (Å²) < 4.78 is 1.60. The zero-order valence-electron chi connectivity index (χ0n) is 11.2. The average Bonchev–Trinajstić information content (AvgIpc) is 2.70. The molecular weight excluding hydrogens is 244 g/mol. The molecule has 0 bridgehead atoms. The number of piperazine rings is 1. The normalized spacial score (nSPS) is 15.1. The zero-order valence-corrected chi connectivity index (χ0v) is 11.2. The Bertz CT molecular complexity index is 509. The van der Waals surface area contributed by atoms with Gasteiger partial charge in [0, 0.05) is 33.2 Å². The fourth-order valence-corrected chi connectivity index (χ4v) is 2.18. The molecule has 0 aliphatic carbocycles. The van der Waals surface area contributed by atoms with Gasteiger partial charge in [0.05, 0.1) is 12.2 Å². The van der Waals surface area contributed by atoms with Gasteiger partial charge in [-0.05, 0) is 6.92 Å². The van der Waals surface area contributed by atoms with Crippen molar-refractivity contribution in [2.75, 3.05) is 38.0 Å². The minimum Gasteiger partial charge on any atom is -0.360 e. The number of carbonyl (C=O) groups is 1. The van der Waals surface area contributed by atoms with Crippen LogP contribution in [0.1, 0.15) is 11.3 Å². The summed E-state index contributed by atoms with van der Waals surface area (Å²) in [6, 6.07) is 2.11. The van der Waals surface area contributed by atoms with E-state index in [1.807, 2.05) is 4.90 Å². The van der Waals surface area contributed by atoms with Crippen molar-refractivity contribution in [3.8, 4) is 6.07 Å². The Kier molecular flexibility index (Phi) is 4.02. The van der Waals surface area contributed by atoms with Crippen LogP contribution in [0.3, 0.4) is 0 Å². The summed E-state index contributed by atoms with van der Waals surface area (Å²) in [4.78, 5) is 13.8. The van der Waals surface area contributed by atoms with Crippen LogP contribution in [0.5, 0.6) is 0 Å². The van der Waals surface area contributed by atoms with Gasteiger partial charge in [-0.15, -0.1) is 0 Å². The molecule has 7 heteroatoms. The second-order valence-corrected chi connectivity index (χ2v) is 4.53. The Morgan fingerprint density at radius 3 is 2.84 bits per heavy atom. The van der Waals surface area contributed by atoms with Gasteiger partial charge in [0.2, 0.25) is 5.91 Å². The van der Waals surface area contributed by atoms with Crippen molar-refractivity contribution in [1.82, 2.24) is 20.0 Å². The van der Waals surface area contributed by atoms with Gasteiger partial charge in [-0.2, -0.15) is 10.4 Å². The van der Waals surface area contributed by atoms with E-state index in [-0.39, 0.29) is 12.5 Å². The summed E-state index contributed by atoms with van der Waals surface area (Å²) in [5, 5.41) is 19.5. The van der Waals surface area contributed by atoms with Crippen LogP contribution in [0.2, 0.25) is 0 Å². The molecule has 1 aromatic rings. The zero-order chi connectivity index (χ0) is 13.8. The van der Waals surface area contributed by atoms with E-state index in [0.717, 1.165) is 26.2 Å². The van der Waals surface area contributed by atoms with Crippen molar-refractivity contribution in [1.29, 1.82) is 5.26 Å². The molecule has 0 aromatic carbocycles. The summed E-state index contributed by atoms with van der Waals surface area (Å²) in [5.74, 6) is 0.646. The number of amides is 1. The molecule has 102 valence electrons. The van der Waals surface area contributed by atoms with Crippen molar-refractivity contribution < 1.29 is 4.79 Å². The first-order valence-electron chi connectivity index (χ1n) is 6.29. The lowest BCUT2D eigenvalue weighted by Gasteiger charge is -2.27. The van der Waals surface area contributed by atoms with Crippen molar-refractivity contribution in [3.63, 3.8) is 0 Å². The molecular formula is C12H18N6O. The van der Waals surface area contributed by atoms with Crippen LogP contribution in [-0.2, 0) is 11.8 Å². The number of carbonyl (C=O) groups excluding carboxylic acids is 1. The summed E-state index contributed by atoms with van der Waals surface area (Å²) in [5.41, 5.74) is 1.16. The van der Waals surface area contributed by atoms with Gasteiger partial charge in [-0.25, -0.2) is 0 Å². The molecule has 2 rings (SSSR count).